The normalized spacial score (nSPS) is 24.5. The highest BCUT2D eigenvalue weighted by Gasteiger charge is 2.59. The summed E-state index contributed by atoms with van der Waals surface area (Å²) in [6.45, 7) is 7.39. The van der Waals surface area contributed by atoms with E-state index in [-0.39, 0.29) is 27.4 Å². The minimum atomic E-state index is -3.78. The average molecular weight is 638 g/mol. The molecular formula is C35H44ClNO4SSi. The number of aliphatic hydroxyl groups is 1. The fourth-order valence-electron chi connectivity index (χ4n) is 7.63. The number of hydrogen-bond acceptors (Lipinski definition) is 4. The molecule has 1 N–H and O–H groups in total. The molecular weight excluding hydrogens is 594 g/mol. The average Bonchev–Trinajstić information content (AvgIpc) is 3.91. The van der Waals surface area contributed by atoms with Gasteiger partial charge in [-0.2, -0.15) is 4.31 Å². The van der Waals surface area contributed by atoms with Gasteiger partial charge in [0.15, 0.2) is 0 Å². The monoisotopic (exact) mass is 637 g/mol. The number of hydrogen-bond donors (Lipinski definition) is 1. The molecule has 43 heavy (non-hydrogen) atoms. The van der Waals surface area contributed by atoms with Gasteiger partial charge >= 0.3 is 0 Å². The van der Waals surface area contributed by atoms with Gasteiger partial charge < -0.3 is 9.53 Å². The maximum absolute atomic E-state index is 14.3. The summed E-state index contributed by atoms with van der Waals surface area (Å²) in [5, 5.41) is 14.0. The van der Waals surface area contributed by atoms with Crippen LogP contribution in [-0.4, -0.2) is 50.9 Å². The highest BCUT2D eigenvalue weighted by molar-refractivity contribution is 7.89. The third-order valence-electron chi connectivity index (χ3n) is 10.1. The minimum Gasteiger partial charge on any atom is -0.407 e. The Balaban J connectivity index is 1.33. The van der Waals surface area contributed by atoms with E-state index in [9.17, 15) is 13.5 Å². The first-order valence-electron chi connectivity index (χ1n) is 15.7. The van der Waals surface area contributed by atoms with Crippen molar-refractivity contribution in [2.24, 2.45) is 11.3 Å². The number of piperidine rings is 1. The van der Waals surface area contributed by atoms with E-state index in [1.807, 2.05) is 4.31 Å². The van der Waals surface area contributed by atoms with Crippen LogP contribution >= 0.6 is 11.6 Å². The van der Waals surface area contributed by atoms with Gasteiger partial charge in [-0.3, -0.25) is 0 Å². The summed E-state index contributed by atoms with van der Waals surface area (Å²) in [7, 11) is -6.49. The van der Waals surface area contributed by atoms with E-state index in [1.54, 1.807) is 24.3 Å². The van der Waals surface area contributed by atoms with E-state index in [0.717, 1.165) is 32.1 Å². The van der Waals surface area contributed by atoms with E-state index < -0.39 is 24.4 Å². The second kappa shape index (κ2) is 11.7. The predicted octanol–water partition coefficient (Wildman–Crippen LogP) is 6.38. The number of rotatable bonds is 10. The van der Waals surface area contributed by atoms with Gasteiger partial charge in [0.25, 0.3) is 8.32 Å². The molecule has 0 radical (unpaired) electrons. The number of aliphatic hydroxyl groups excluding tert-OH is 1. The zero-order valence-electron chi connectivity index (χ0n) is 25.5. The van der Waals surface area contributed by atoms with Crippen molar-refractivity contribution >= 4 is 40.3 Å². The van der Waals surface area contributed by atoms with Gasteiger partial charge in [-0.15, -0.1) is 0 Å². The molecule has 3 aliphatic rings. The molecule has 230 valence electrons. The van der Waals surface area contributed by atoms with Crippen LogP contribution in [0.4, 0.5) is 0 Å². The maximum atomic E-state index is 14.3. The quantitative estimate of drug-likeness (QED) is 0.262. The Morgan fingerprint density at radius 1 is 0.907 bits per heavy atom. The molecule has 6 rings (SSSR count). The molecule has 1 heterocycles. The van der Waals surface area contributed by atoms with Gasteiger partial charge in [-0.05, 0) is 96.0 Å². The van der Waals surface area contributed by atoms with Crippen molar-refractivity contribution in [3.05, 3.63) is 90.0 Å². The zero-order valence-corrected chi connectivity index (χ0v) is 28.0. The van der Waals surface area contributed by atoms with E-state index in [0.29, 0.717) is 30.4 Å². The van der Waals surface area contributed by atoms with Crippen molar-refractivity contribution in [2.75, 3.05) is 6.61 Å². The van der Waals surface area contributed by atoms with Crippen molar-refractivity contribution in [3.63, 3.8) is 0 Å². The van der Waals surface area contributed by atoms with Crippen molar-refractivity contribution in [2.45, 2.75) is 93.8 Å². The van der Waals surface area contributed by atoms with Crippen LogP contribution in [0.25, 0.3) is 0 Å². The molecule has 3 aromatic carbocycles. The molecule has 8 heteroatoms. The summed E-state index contributed by atoms with van der Waals surface area (Å²) in [6.07, 6.45) is 5.15. The Kier molecular flexibility index (Phi) is 8.46. The Hall–Kier alpha value is -2.00. The van der Waals surface area contributed by atoms with Gasteiger partial charge in [0.2, 0.25) is 10.0 Å². The molecule has 0 unspecified atom stereocenters. The second-order valence-electron chi connectivity index (χ2n) is 14.0. The van der Waals surface area contributed by atoms with Crippen LogP contribution in [0.1, 0.15) is 65.7 Å². The van der Waals surface area contributed by atoms with E-state index in [2.05, 4.69) is 81.4 Å². The predicted molar refractivity (Wildman–Crippen MR) is 176 cm³/mol. The molecule has 0 spiro atoms. The number of halogens is 1. The molecule has 1 aliphatic heterocycles. The number of nitrogens with zero attached hydrogens (tertiary/aromatic N) is 1. The lowest BCUT2D eigenvalue weighted by Gasteiger charge is -2.47. The molecule has 3 fully saturated rings. The summed E-state index contributed by atoms with van der Waals surface area (Å²) >= 11 is 6.13. The fraction of sp³-hybridized carbons (Fsp3) is 0.486. The standard InChI is InChI=1S/C35H44ClNO4SSi/c1-34(2,3)43(30-10-6-4-7-11-30,31-12-8-5-9-13-31)41-23-22-35(20-21-35)33-25-28(38)24-32(26-14-15-26)37(33)42(39,40)29-18-16-27(36)17-19-29/h4-13,16-19,26,28,32-33,38H,14-15,20-25H2,1-3H3/t28-,32-,33+/m0/s1. The van der Waals surface area contributed by atoms with E-state index in [1.165, 1.54) is 10.4 Å². The summed E-state index contributed by atoms with van der Waals surface area (Å²) in [5.74, 6) is 0.309. The highest BCUT2D eigenvalue weighted by Crippen LogP contribution is 2.58. The first kappa shape index (κ1) is 31.0. The molecule has 5 nitrogen and oxygen atoms in total. The van der Waals surface area contributed by atoms with Crippen LogP contribution in [0.15, 0.2) is 89.8 Å². The second-order valence-corrected chi connectivity index (χ2v) is 20.5. The van der Waals surface area contributed by atoms with Crippen molar-refractivity contribution in [1.29, 1.82) is 0 Å². The summed E-state index contributed by atoms with van der Waals surface area (Å²) < 4.78 is 37.8. The van der Waals surface area contributed by atoms with Crippen LogP contribution < -0.4 is 10.4 Å². The van der Waals surface area contributed by atoms with Gasteiger partial charge in [0.05, 0.1) is 11.0 Å². The molecule has 1 saturated heterocycles. The Morgan fingerprint density at radius 3 is 1.95 bits per heavy atom. The van der Waals surface area contributed by atoms with Crippen LogP contribution in [0.3, 0.4) is 0 Å². The van der Waals surface area contributed by atoms with Gasteiger partial charge in [-0.1, -0.05) is 93.0 Å². The Morgan fingerprint density at radius 2 is 1.47 bits per heavy atom. The zero-order chi connectivity index (χ0) is 30.5. The van der Waals surface area contributed by atoms with Gasteiger partial charge in [0, 0.05) is 23.7 Å². The Bertz CT molecular complexity index is 1460. The topological polar surface area (TPSA) is 66.8 Å². The van der Waals surface area contributed by atoms with E-state index >= 15 is 0 Å². The van der Waals surface area contributed by atoms with Crippen LogP contribution in [-0.2, 0) is 14.4 Å². The molecule has 0 bridgehead atoms. The smallest absolute Gasteiger partial charge is 0.261 e. The summed E-state index contributed by atoms with van der Waals surface area (Å²) in [5.41, 5.74) is -0.209. The van der Waals surface area contributed by atoms with Crippen LogP contribution in [0.2, 0.25) is 10.1 Å². The number of sulfonamides is 1. The Labute approximate surface area is 263 Å². The molecule has 0 amide bonds. The SMILES string of the molecule is CC(C)(C)[Si](OCCC1([C@H]2C[C@@H](O)C[C@@H](C3CC3)N2S(=O)(=O)c2ccc(Cl)cc2)CC1)(c1ccccc1)c1ccccc1. The maximum Gasteiger partial charge on any atom is 0.261 e. The van der Waals surface area contributed by atoms with Crippen LogP contribution in [0, 0.1) is 11.3 Å². The van der Waals surface area contributed by atoms with Gasteiger partial charge in [-0.25, -0.2) is 8.42 Å². The highest BCUT2D eigenvalue weighted by atomic mass is 35.5. The van der Waals surface area contributed by atoms with Crippen LogP contribution in [0.5, 0.6) is 0 Å². The number of benzene rings is 3. The van der Waals surface area contributed by atoms with E-state index in [4.69, 9.17) is 16.0 Å². The summed E-state index contributed by atoms with van der Waals surface area (Å²) in [6, 6.07) is 27.4. The lowest BCUT2D eigenvalue weighted by atomic mass is 9.82. The third-order valence-corrected chi connectivity index (χ3v) is 17.4. The molecule has 0 aromatic heterocycles. The first-order valence-corrected chi connectivity index (χ1v) is 19.4. The molecule has 2 saturated carbocycles. The molecule has 3 atom stereocenters. The largest absolute Gasteiger partial charge is 0.407 e. The lowest BCUT2D eigenvalue weighted by molar-refractivity contribution is 0.00794. The van der Waals surface area contributed by atoms with Gasteiger partial charge in [0.1, 0.15) is 0 Å². The minimum absolute atomic E-state index is 0.130. The van der Waals surface area contributed by atoms with Crippen molar-refractivity contribution < 1.29 is 18.0 Å². The van der Waals surface area contributed by atoms with Crippen molar-refractivity contribution in [1.82, 2.24) is 4.31 Å². The first-order chi connectivity index (χ1) is 20.5. The molecule has 3 aromatic rings. The summed E-state index contributed by atoms with van der Waals surface area (Å²) in [4.78, 5) is 0.281. The fourth-order valence-corrected chi connectivity index (χ4v) is 14.3. The molecule has 2 aliphatic carbocycles. The van der Waals surface area contributed by atoms with Crippen molar-refractivity contribution in [3.8, 4) is 0 Å². The lowest BCUT2D eigenvalue weighted by Crippen LogP contribution is -2.66. The third kappa shape index (κ3) is 5.89.